The molecule has 0 aromatic heterocycles. The summed E-state index contributed by atoms with van der Waals surface area (Å²) in [4.78, 5) is 9.33. The topological polar surface area (TPSA) is 17.1 Å². The maximum Gasteiger partial charge on any atom is 0.102 e. The molecule has 0 spiro atoms. The third-order valence-corrected chi connectivity index (χ3v) is 12.3. The van der Waals surface area contributed by atoms with E-state index in [4.69, 9.17) is 11.6 Å². The number of rotatable bonds is 7. The predicted molar refractivity (Wildman–Crippen MR) is 202 cm³/mol. The Morgan fingerprint density at radius 1 is 0.409 bits per heavy atom. The largest absolute Gasteiger partial charge is 0.336 e. The van der Waals surface area contributed by atoms with Crippen molar-refractivity contribution in [2.75, 3.05) is 0 Å². The third-order valence-electron chi connectivity index (χ3n) is 6.46. The van der Waals surface area contributed by atoms with Crippen molar-refractivity contribution in [3.05, 3.63) is 185 Å². The minimum atomic E-state index is -0.877. The fourth-order valence-corrected chi connectivity index (χ4v) is 9.78. The van der Waals surface area contributed by atoms with Crippen LogP contribution in [0, 0.1) is 3.38 Å². The average molecular weight is 922 g/mol. The molecule has 1 radical (unpaired) electrons. The van der Waals surface area contributed by atoms with Gasteiger partial charge in [-0.15, -0.1) is 0 Å². The molecule has 6 rings (SSSR count). The Morgan fingerprint density at radius 2 is 0.545 bits per heavy atom. The van der Waals surface area contributed by atoms with Crippen molar-refractivity contribution in [1.29, 1.82) is 0 Å². The fourth-order valence-electron chi connectivity index (χ4n) is 4.63. The van der Waals surface area contributed by atoms with E-state index in [2.05, 4.69) is 182 Å². The van der Waals surface area contributed by atoms with Gasteiger partial charge in [0, 0.05) is 26.4 Å². The minimum Gasteiger partial charge on any atom is -0.336 e. The van der Waals surface area contributed by atoms with Crippen LogP contribution in [0.3, 0.4) is 0 Å². The molecule has 0 atom stereocenters. The van der Waals surface area contributed by atoms with Gasteiger partial charge in [0.1, 0.15) is 31.8 Å². The van der Waals surface area contributed by atoms with E-state index in [0.29, 0.717) is 6.29 Å². The maximum atomic E-state index is 9.33. The first kappa shape index (κ1) is 35.9. The molecular weight excluding hydrogens is 889 g/mol. The molecular formula is C38H33ClIIrOP2+. The van der Waals surface area contributed by atoms with Crippen LogP contribution < -0.4 is 31.8 Å². The van der Waals surface area contributed by atoms with Crippen LogP contribution in [-0.4, -0.2) is 6.29 Å². The number of hydrogen-bond donors (Lipinski definition) is 0. The van der Waals surface area contributed by atoms with Crippen LogP contribution in [0.2, 0.25) is 0 Å². The maximum absolute atomic E-state index is 9.33. The summed E-state index contributed by atoms with van der Waals surface area (Å²) in [5, 5.41) is 8.61. The average Bonchev–Trinajstić information content (AvgIpc) is 3.09. The van der Waals surface area contributed by atoms with Crippen LogP contribution in [0.4, 0.5) is 0 Å². The molecule has 6 aromatic carbocycles. The molecule has 0 fully saturated rings. The van der Waals surface area contributed by atoms with Crippen LogP contribution in [0.15, 0.2) is 182 Å². The van der Waals surface area contributed by atoms with E-state index in [-0.39, 0.29) is 23.5 Å². The van der Waals surface area contributed by atoms with Crippen molar-refractivity contribution in [3.8, 4) is 0 Å². The summed E-state index contributed by atoms with van der Waals surface area (Å²) in [6.07, 6.45) is 0.585. The molecule has 0 saturated heterocycles. The summed E-state index contributed by atoms with van der Waals surface area (Å²) in [5.41, 5.74) is 0. The second kappa shape index (κ2) is 20.4. The van der Waals surface area contributed by atoms with Gasteiger partial charge in [-0.1, -0.05) is 109 Å². The zero-order chi connectivity index (χ0) is 30.1. The SMILES string of the molecule is O=C[C-](Cl)I.[Ir].c1ccc([PH+](c2ccccc2)c2ccccc2)cc1.c1ccc([PH+](c2ccccc2)c2ccccc2)cc1. The number of halogens is 2. The quantitative estimate of drug-likeness (QED) is 0.0696. The number of benzene rings is 6. The van der Waals surface area contributed by atoms with Gasteiger partial charge in [-0.2, -0.15) is 3.38 Å². The first-order chi connectivity index (χ1) is 21.2. The summed E-state index contributed by atoms with van der Waals surface area (Å²) < 4.78 is 0.266. The smallest absolute Gasteiger partial charge is 0.102 e. The van der Waals surface area contributed by atoms with Gasteiger partial charge in [0.2, 0.25) is 0 Å². The first-order valence-electron chi connectivity index (χ1n) is 13.9. The molecule has 6 heteroatoms. The Kier molecular flexibility index (Phi) is 16.6. The van der Waals surface area contributed by atoms with E-state index in [1.807, 2.05) is 0 Å². The van der Waals surface area contributed by atoms with Crippen molar-refractivity contribution >= 4 is 88.1 Å². The molecule has 0 N–H and O–H groups in total. The number of hydrogen-bond acceptors (Lipinski definition) is 1. The molecule has 0 saturated carbocycles. The third kappa shape index (κ3) is 11.4. The van der Waals surface area contributed by atoms with Gasteiger partial charge in [-0.05, 0) is 72.8 Å². The van der Waals surface area contributed by atoms with E-state index < -0.39 is 15.8 Å². The number of carbonyl (C=O) groups excluding carboxylic acids is 1. The molecule has 44 heavy (non-hydrogen) atoms. The summed E-state index contributed by atoms with van der Waals surface area (Å²) in [5.74, 6) is 0. The summed E-state index contributed by atoms with van der Waals surface area (Å²) >= 11 is 6.72. The molecule has 6 aromatic rings. The van der Waals surface area contributed by atoms with Gasteiger partial charge in [0.25, 0.3) is 0 Å². The Balaban J connectivity index is 0.000000205. The second-order valence-corrected chi connectivity index (χ2v) is 16.5. The van der Waals surface area contributed by atoms with E-state index in [1.54, 1.807) is 22.6 Å². The fraction of sp³-hybridized carbons (Fsp3) is 0. The van der Waals surface area contributed by atoms with Crippen LogP contribution >= 0.6 is 50.0 Å². The molecule has 1 nitrogen and oxygen atoms in total. The number of aldehydes is 1. The van der Waals surface area contributed by atoms with Crippen molar-refractivity contribution in [2.45, 2.75) is 0 Å². The van der Waals surface area contributed by atoms with Gasteiger partial charge in [0.05, 0.1) is 15.8 Å². The van der Waals surface area contributed by atoms with Crippen LogP contribution in [0.5, 0.6) is 0 Å². The predicted octanol–water partition coefficient (Wildman–Crippen LogP) is 7.70. The van der Waals surface area contributed by atoms with E-state index >= 15 is 0 Å². The number of carbonyl (C=O) groups is 1. The first-order valence-corrected chi connectivity index (χ1v) is 18.3. The molecule has 0 aliphatic carbocycles. The molecule has 0 amide bonds. The Bertz CT molecular complexity index is 1290. The van der Waals surface area contributed by atoms with Crippen molar-refractivity contribution in [1.82, 2.24) is 0 Å². The van der Waals surface area contributed by atoms with E-state index in [0.717, 1.165) is 0 Å². The summed E-state index contributed by atoms with van der Waals surface area (Å²) in [7, 11) is -1.75. The summed E-state index contributed by atoms with van der Waals surface area (Å²) in [6, 6.07) is 65.0. The zero-order valence-corrected chi connectivity index (χ0v) is 31.2. The van der Waals surface area contributed by atoms with Crippen molar-refractivity contribution in [3.63, 3.8) is 0 Å². The van der Waals surface area contributed by atoms with Crippen molar-refractivity contribution in [2.24, 2.45) is 0 Å². The molecule has 0 aliphatic rings. The summed E-state index contributed by atoms with van der Waals surface area (Å²) in [6.45, 7) is 0. The van der Waals surface area contributed by atoms with Gasteiger partial charge in [-0.25, -0.2) is 0 Å². The minimum absolute atomic E-state index is 0. The van der Waals surface area contributed by atoms with Gasteiger partial charge in [-0.3, -0.25) is 22.6 Å². The molecule has 0 heterocycles. The van der Waals surface area contributed by atoms with Crippen LogP contribution in [0.25, 0.3) is 0 Å². The zero-order valence-electron chi connectivity index (χ0n) is 23.9. The normalized spacial score (nSPS) is 9.91. The van der Waals surface area contributed by atoms with E-state index in [1.165, 1.54) is 31.8 Å². The second-order valence-electron chi connectivity index (χ2n) is 9.35. The van der Waals surface area contributed by atoms with Gasteiger partial charge in [0.15, 0.2) is 0 Å². The monoisotopic (exact) mass is 922 g/mol. The molecule has 0 aliphatic heterocycles. The Labute approximate surface area is 296 Å². The molecule has 0 bridgehead atoms. The van der Waals surface area contributed by atoms with Crippen LogP contribution in [0.1, 0.15) is 0 Å². The Morgan fingerprint density at radius 3 is 0.659 bits per heavy atom. The molecule has 223 valence electrons. The van der Waals surface area contributed by atoms with Crippen molar-refractivity contribution < 1.29 is 24.9 Å². The molecule has 0 unspecified atom stereocenters. The van der Waals surface area contributed by atoms with Gasteiger partial charge < -0.3 is 16.4 Å². The Hall–Kier alpha value is -2.61. The van der Waals surface area contributed by atoms with Crippen LogP contribution in [-0.2, 0) is 24.9 Å². The van der Waals surface area contributed by atoms with E-state index in [9.17, 15) is 4.79 Å². The van der Waals surface area contributed by atoms with Gasteiger partial charge >= 0.3 is 0 Å². The standard InChI is InChI=1S/2C18H15P.C2HClIO.Ir/c2*1-4-10-16(11-5-1)19(17-12-6-2-7-13-17)18-14-8-3-9-15-18;3-2(4)1-5;/h2*1-15H;1H;/q;;-1;/p+2.